The van der Waals surface area contributed by atoms with Gasteiger partial charge in [-0.2, -0.15) is 0 Å². The number of nitrogens with one attached hydrogen (secondary N) is 1. The Morgan fingerprint density at radius 1 is 1.29 bits per heavy atom. The number of rotatable bonds is 3. The maximum absolute atomic E-state index is 13.0. The van der Waals surface area contributed by atoms with E-state index in [-0.39, 0.29) is 11.9 Å². The Labute approximate surface area is 125 Å². The molecule has 0 bridgehead atoms. The number of nitrogens with zero attached hydrogens (tertiary/aromatic N) is 1. The molecule has 21 heavy (non-hydrogen) atoms. The van der Waals surface area contributed by atoms with E-state index in [1.165, 1.54) is 0 Å². The van der Waals surface area contributed by atoms with E-state index >= 15 is 0 Å². The van der Waals surface area contributed by atoms with Gasteiger partial charge >= 0.3 is 0 Å². The van der Waals surface area contributed by atoms with Gasteiger partial charge in [0, 0.05) is 31.2 Å². The molecular weight excluding hydrogens is 268 g/mol. The van der Waals surface area contributed by atoms with Crippen molar-refractivity contribution >= 4 is 5.91 Å². The molecule has 1 aromatic rings. The van der Waals surface area contributed by atoms with E-state index in [0.717, 1.165) is 19.5 Å². The summed E-state index contributed by atoms with van der Waals surface area (Å²) in [7, 11) is 3.19. The number of methoxy groups -OCH3 is 2. The second-order valence-electron chi connectivity index (χ2n) is 5.85. The summed E-state index contributed by atoms with van der Waals surface area (Å²) in [6.45, 7) is 4.03. The van der Waals surface area contributed by atoms with E-state index in [1.807, 2.05) is 4.90 Å². The van der Waals surface area contributed by atoms with Crippen molar-refractivity contribution in [2.45, 2.75) is 25.4 Å². The fraction of sp³-hybridized carbons (Fsp3) is 0.562. The lowest BCUT2D eigenvalue weighted by atomic mass is 10.0. The summed E-state index contributed by atoms with van der Waals surface area (Å²) >= 11 is 0. The zero-order valence-electron chi connectivity index (χ0n) is 12.8. The number of hydrogen-bond acceptors (Lipinski definition) is 4. The van der Waals surface area contributed by atoms with Crippen molar-refractivity contribution in [1.29, 1.82) is 0 Å². The first kappa shape index (κ1) is 14.2. The zero-order chi connectivity index (χ0) is 15.0. The van der Waals surface area contributed by atoms with Gasteiger partial charge in [-0.25, -0.2) is 0 Å². The van der Waals surface area contributed by atoms with Crippen molar-refractivity contribution in [3.8, 4) is 11.5 Å². The minimum absolute atomic E-state index is 0.0539. The van der Waals surface area contributed by atoms with Gasteiger partial charge in [0.05, 0.1) is 19.8 Å². The molecule has 2 aliphatic heterocycles. The summed E-state index contributed by atoms with van der Waals surface area (Å²) < 4.78 is 10.6. The molecule has 2 saturated heterocycles. The normalized spacial score (nSPS) is 27.6. The van der Waals surface area contributed by atoms with Crippen LogP contribution in [0.2, 0.25) is 0 Å². The number of benzene rings is 1. The number of likely N-dealkylation sites (tertiary alicyclic amines) is 1. The fourth-order valence-corrected chi connectivity index (χ4v) is 3.63. The predicted octanol–water partition coefficient (Wildman–Crippen LogP) is 1.53. The van der Waals surface area contributed by atoms with Crippen molar-refractivity contribution in [2.24, 2.45) is 5.92 Å². The summed E-state index contributed by atoms with van der Waals surface area (Å²) in [5, 5.41) is 3.38. The molecule has 5 nitrogen and oxygen atoms in total. The van der Waals surface area contributed by atoms with Crippen LogP contribution in [0, 0.1) is 5.92 Å². The Morgan fingerprint density at radius 3 is 2.81 bits per heavy atom. The van der Waals surface area contributed by atoms with Crippen molar-refractivity contribution in [3.63, 3.8) is 0 Å². The van der Waals surface area contributed by atoms with Gasteiger partial charge in [0.1, 0.15) is 11.5 Å². The van der Waals surface area contributed by atoms with Crippen LogP contribution in [-0.4, -0.2) is 50.2 Å². The molecule has 0 saturated carbocycles. The van der Waals surface area contributed by atoms with Crippen LogP contribution in [0.5, 0.6) is 11.5 Å². The van der Waals surface area contributed by atoms with Gasteiger partial charge < -0.3 is 19.7 Å². The first-order chi connectivity index (χ1) is 10.2. The van der Waals surface area contributed by atoms with Gasteiger partial charge in [0.15, 0.2) is 0 Å². The molecule has 5 heteroatoms. The van der Waals surface area contributed by atoms with Crippen LogP contribution in [0.1, 0.15) is 23.7 Å². The molecule has 0 aliphatic carbocycles. The fourth-order valence-electron chi connectivity index (χ4n) is 3.63. The number of amides is 1. The van der Waals surface area contributed by atoms with E-state index in [0.29, 0.717) is 29.0 Å². The lowest BCUT2D eigenvalue weighted by Crippen LogP contribution is -2.42. The largest absolute Gasteiger partial charge is 0.497 e. The number of fused-ring (bicyclic) bond motifs is 1. The first-order valence-corrected chi connectivity index (χ1v) is 7.41. The molecule has 3 rings (SSSR count). The highest BCUT2D eigenvalue weighted by Gasteiger charge is 2.44. The topological polar surface area (TPSA) is 50.8 Å². The van der Waals surface area contributed by atoms with Crippen LogP contribution < -0.4 is 14.8 Å². The van der Waals surface area contributed by atoms with Gasteiger partial charge in [0.2, 0.25) is 0 Å². The maximum atomic E-state index is 13.0. The highest BCUT2D eigenvalue weighted by Crippen LogP contribution is 2.35. The summed E-state index contributed by atoms with van der Waals surface area (Å²) in [5.41, 5.74) is 0.609. The molecule has 0 aromatic heterocycles. The van der Waals surface area contributed by atoms with Crippen LogP contribution in [0.4, 0.5) is 0 Å². The lowest BCUT2D eigenvalue weighted by molar-refractivity contribution is 0.0678. The van der Waals surface area contributed by atoms with Gasteiger partial charge in [-0.3, -0.25) is 4.79 Å². The minimum atomic E-state index is 0.0539. The number of hydrogen-bond donors (Lipinski definition) is 1. The Kier molecular flexibility index (Phi) is 3.76. The van der Waals surface area contributed by atoms with Gasteiger partial charge in [-0.1, -0.05) is 0 Å². The standard InChI is InChI=1S/C16H22N2O3/c1-10-6-11-8-17-9-14(11)18(10)16(19)13-5-4-12(20-2)7-15(13)21-3/h4-5,7,10-11,14,17H,6,8-9H2,1-3H3. The molecule has 1 N–H and O–H groups in total. The smallest absolute Gasteiger partial charge is 0.258 e. The lowest BCUT2D eigenvalue weighted by Gasteiger charge is -2.28. The zero-order valence-corrected chi connectivity index (χ0v) is 12.8. The SMILES string of the molecule is COc1ccc(C(=O)N2C(C)CC3CNCC32)c(OC)c1. The average Bonchev–Trinajstić information content (AvgIpc) is 3.05. The van der Waals surface area contributed by atoms with E-state index in [9.17, 15) is 4.79 Å². The molecule has 0 spiro atoms. The Hall–Kier alpha value is -1.75. The third-order valence-electron chi connectivity index (χ3n) is 4.65. The Morgan fingerprint density at radius 2 is 2.10 bits per heavy atom. The van der Waals surface area contributed by atoms with Crippen LogP contribution >= 0.6 is 0 Å². The van der Waals surface area contributed by atoms with E-state index in [1.54, 1.807) is 32.4 Å². The van der Waals surface area contributed by atoms with E-state index in [4.69, 9.17) is 9.47 Å². The summed E-state index contributed by atoms with van der Waals surface area (Å²) in [5.74, 6) is 1.89. The van der Waals surface area contributed by atoms with Crippen molar-refractivity contribution in [2.75, 3.05) is 27.3 Å². The average molecular weight is 290 g/mol. The Balaban J connectivity index is 1.91. The molecule has 1 amide bonds. The molecule has 2 fully saturated rings. The summed E-state index contributed by atoms with van der Waals surface area (Å²) in [4.78, 5) is 15.0. The highest BCUT2D eigenvalue weighted by molar-refractivity contribution is 5.97. The van der Waals surface area contributed by atoms with Crippen molar-refractivity contribution in [3.05, 3.63) is 23.8 Å². The number of carbonyl (C=O) groups is 1. The molecule has 0 radical (unpaired) electrons. The second kappa shape index (κ2) is 5.56. The maximum Gasteiger partial charge on any atom is 0.258 e. The first-order valence-electron chi connectivity index (χ1n) is 7.41. The molecular formula is C16H22N2O3. The third-order valence-corrected chi connectivity index (χ3v) is 4.65. The van der Waals surface area contributed by atoms with Crippen molar-refractivity contribution in [1.82, 2.24) is 10.2 Å². The van der Waals surface area contributed by atoms with Crippen molar-refractivity contribution < 1.29 is 14.3 Å². The molecule has 114 valence electrons. The van der Waals surface area contributed by atoms with Gasteiger partial charge in [-0.15, -0.1) is 0 Å². The van der Waals surface area contributed by atoms with Gasteiger partial charge in [0.25, 0.3) is 5.91 Å². The molecule has 2 aliphatic rings. The summed E-state index contributed by atoms with van der Waals surface area (Å²) in [6.07, 6.45) is 1.07. The van der Waals surface area contributed by atoms with E-state index < -0.39 is 0 Å². The second-order valence-corrected chi connectivity index (χ2v) is 5.85. The monoisotopic (exact) mass is 290 g/mol. The quantitative estimate of drug-likeness (QED) is 0.917. The van der Waals surface area contributed by atoms with Crippen LogP contribution in [0.15, 0.2) is 18.2 Å². The Bertz CT molecular complexity index is 546. The third kappa shape index (κ3) is 2.35. The summed E-state index contributed by atoms with van der Waals surface area (Å²) in [6, 6.07) is 5.95. The number of carbonyl (C=O) groups excluding carboxylic acids is 1. The number of ether oxygens (including phenoxy) is 2. The minimum Gasteiger partial charge on any atom is -0.497 e. The van der Waals surface area contributed by atoms with Crippen LogP contribution in [0.25, 0.3) is 0 Å². The molecule has 1 aromatic carbocycles. The van der Waals surface area contributed by atoms with Crippen LogP contribution in [-0.2, 0) is 0 Å². The molecule has 2 heterocycles. The highest BCUT2D eigenvalue weighted by atomic mass is 16.5. The van der Waals surface area contributed by atoms with Crippen LogP contribution in [0.3, 0.4) is 0 Å². The molecule has 3 unspecified atom stereocenters. The van der Waals surface area contributed by atoms with E-state index in [2.05, 4.69) is 12.2 Å². The predicted molar refractivity (Wildman–Crippen MR) is 79.9 cm³/mol. The molecule has 3 atom stereocenters. The van der Waals surface area contributed by atoms with Gasteiger partial charge in [-0.05, 0) is 31.4 Å².